The third-order valence-corrected chi connectivity index (χ3v) is 4.32. The zero-order chi connectivity index (χ0) is 20.8. The fourth-order valence-corrected chi connectivity index (χ4v) is 2.80. The van der Waals surface area contributed by atoms with Crippen LogP contribution in [-0.4, -0.2) is 15.8 Å². The second-order valence-electron chi connectivity index (χ2n) is 6.28. The van der Waals surface area contributed by atoms with Gasteiger partial charge in [0.15, 0.2) is 0 Å². The van der Waals surface area contributed by atoms with E-state index in [0.717, 1.165) is 5.56 Å². The summed E-state index contributed by atoms with van der Waals surface area (Å²) in [5.74, 6) is -0.245. The van der Waals surface area contributed by atoms with Gasteiger partial charge in [-0.05, 0) is 42.8 Å². The highest BCUT2D eigenvalue weighted by molar-refractivity contribution is 6.04. The number of carbonyl (C=O) groups excluding carboxylic acids is 1. The first-order valence-corrected chi connectivity index (χ1v) is 8.71. The Hall–Kier alpha value is -4.25. The van der Waals surface area contributed by atoms with Crippen LogP contribution in [0.4, 0.5) is 17.1 Å². The molecule has 0 aliphatic heterocycles. The van der Waals surface area contributed by atoms with E-state index in [2.05, 4.69) is 15.6 Å². The molecule has 0 atom stereocenters. The highest BCUT2D eigenvalue weighted by atomic mass is 16.6. The van der Waals surface area contributed by atoms with Crippen LogP contribution < -0.4 is 10.6 Å². The summed E-state index contributed by atoms with van der Waals surface area (Å²) in [6.45, 7) is 2.00. The van der Waals surface area contributed by atoms with Crippen LogP contribution in [0.5, 0.6) is 0 Å². The van der Waals surface area contributed by atoms with Crippen LogP contribution in [0.3, 0.4) is 0 Å². The lowest BCUT2D eigenvalue weighted by Crippen LogP contribution is -2.12. The van der Waals surface area contributed by atoms with Gasteiger partial charge in [-0.25, -0.2) is 0 Å². The smallest absolute Gasteiger partial charge is 0.275 e. The molecular formula is C21H17N5O3. The molecule has 0 radical (unpaired) electrons. The minimum atomic E-state index is -0.503. The zero-order valence-corrected chi connectivity index (χ0v) is 15.5. The average Bonchev–Trinajstić information content (AvgIpc) is 2.73. The van der Waals surface area contributed by atoms with Gasteiger partial charge in [0.25, 0.3) is 11.6 Å². The Morgan fingerprint density at radius 1 is 1.21 bits per heavy atom. The Morgan fingerprint density at radius 3 is 2.66 bits per heavy atom. The Labute approximate surface area is 167 Å². The summed E-state index contributed by atoms with van der Waals surface area (Å²) >= 11 is 0. The molecule has 8 nitrogen and oxygen atoms in total. The molecule has 144 valence electrons. The van der Waals surface area contributed by atoms with Crippen molar-refractivity contribution in [2.45, 2.75) is 13.5 Å². The number of hydrogen-bond acceptors (Lipinski definition) is 6. The van der Waals surface area contributed by atoms with Crippen molar-refractivity contribution in [3.8, 4) is 6.07 Å². The summed E-state index contributed by atoms with van der Waals surface area (Å²) in [7, 11) is 0. The molecule has 0 aliphatic rings. The van der Waals surface area contributed by atoms with E-state index in [1.807, 2.05) is 18.2 Å². The second-order valence-corrected chi connectivity index (χ2v) is 6.28. The number of nitro benzene ring substituents is 1. The predicted molar refractivity (Wildman–Crippen MR) is 109 cm³/mol. The van der Waals surface area contributed by atoms with Crippen molar-refractivity contribution in [3.05, 3.63) is 93.3 Å². The van der Waals surface area contributed by atoms with Gasteiger partial charge in [0.2, 0.25) is 0 Å². The number of nitrogens with one attached hydrogen (secondary N) is 2. The monoisotopic (exact) mass is 387 g/mol. The molecule has 1 amide bonds. The molecule has 3 rings (SSSR count). The van der Waals surface area contributed by atoms with Crippen LogP contribution >= 0.6 is 0 Å². The number of anilines is 2. The summed E-state index contributed by atoms with van der Waals surface area (Å²) in [5, 5.41) is 26.3. The molecule has 8 heteroatoms. The number of nitrogens with zero attached hydrogens (tertiary/aromatic N) is 3. The lowest BCUT2D eigenvalue weighted by molar-refractivity contribution is -0.385. The molecule has 0 saturated carbocycles. The molecule has 0 saturated heterocycles. The largest absolute Gasteiger partial charge is 0.381 e. The fourth-order valence-electron chi connectivity index (χ4n) is 2.80. The van der Waals surface area contributed by atoms with E-state index in [9.17, 15) is 14.9 Å². The van der Waals surface area contributed by atoms with Gasteiger partial charge in [-0.3, -0.25) is 19.9 Å². The summed E-state index contributed by atoms with van der Waals surface area (Å²) in [6.07, 6.45) is 3.10. The van der Waals surface area contributed by atoms with Crippen molar-refractivity contribution in [3.63, 3.8) is 0 Å². The third kappa shape index (κ3) is 4.73. The summed E-state index contributed by atoms with van der Waals surface area (Å²) in [4.78, 5) is 26.9. The Balaban J connectivity index is 1.75. The predicted octanol–water partition coefficient (Wildman–Crippen LogP) is 4.03. The molecule has 0 bridgehead atoms. The Bertz CT molecular complexity index is 1110. The van der Waals surface area contributed by atoms with E-state index in [4.69, 9.17) is 5.26 Å². The number of aromatic nitrogens is 1. The van der Waals surface area contributed by atoms with Gasteiger partial charge in [-0.1, -0.05) is 12.1 Å². The van der Waals surface area contributed by atoms with Crippen molar-refractivity contribution >= 4 is 23.0 Å². The SMILES string of the molecule is Cc1c(NCc2cccc(NC(=O)c3ccncc3)c2)cc(C#N)cc1[N+](=O)[O-]. The van der Waals surface area contributed by atoms with Crippen molar-refractivity contribution in [2.24, 2.45) is 0 Å². The fraction of sp³-hybridized carbons (Fsp3) is 0.0952. The number of rotatable bonds is 6. The third-order valence-electron chi connectivity index (χ3n) is 4.32. The maximum atomic E-state index is 12.3. The number of carbonyl (C=O) groups is 1. The van der Waals surface area contributed by atoms with Gasteiger partial charge in [0.05, 0.1) is 16.6 Å². The lowest BCUT2D eigenvalue weighted by atomic mass is 10.1. The molecule has 29 heavy (non-hydrogen) atoms. The van der Waals surface area contributed by atoms with Crippen LogP contribution in [0.15, 0.2) is 60.9 Å². The van der Waals surface area contributed by atoms with Crippen molar-refractivity contribution in [1.82, 2.24) is 4.98 Å². The first kappa shape index (κ1) is 19.5. The molecule has 2 aromatic carbocycles. The zero-order valence-electron chi connectivity index (χ0n) is 15.5. The standard InChI is InChI=1S/C21H17N5O3/c1-14-19(10-16(12-22)11-20(14)26(28)29)24-13-15-3-2-4-18(9-15)25-21(27)17-5-7-23-8-6-17/h2-11,24H,13H2,1H3,(H,25,27). The maximum absolute atomic E-state index is 12.3. The molecule has 0 spiro atoms. The number of hydrogen-bond donors (Lipinski definition) is 2. The van der Waals surface area contributed by atoms with E-state index >= 15 is 0 Å². The van der Waals surface area contributed by atoms with Gasteiger partial charge in [-0.2, -0.15) is 5.26 Å². The number of amides is 1. The molecule has 2 N–H and O–H groups in total. The van der Waals surface area contributed by atoms with Crippen molar-refractivity contribution in [1.29, 1.82) is 5.26 Å². The van der Waals surface area contributed by atoms with Crippen LogP contribution in [0, 0.1) is 28.4 Å². The summed E-state index contributed by atoms with van der Waals surface area (Å²) in [5.41, 5.74) is 3.06. The van der Waals surface area contributed by atoms with Crippen LogP contribution in [0.2, 0.25) is 0 Å². The van der Waals surface area contributed by atoms with E-state index < -0.39 is 4.92 Å². The molecule has 1 aromatic heterocycles. The second kappa shape index (κ2) is 8.63. The topological polar surface area (TPSA) is 121 Å². The maximum Gasteiger partial charge on any atom is 0.275 e. The highest BCUT2D eigenvalue weighted by Gasteiger charge is 2.16. The Morgan fingerprint density at radius 2 is 1.97 bits per heavy atom. The normalized spacial score (nSPS) is 10.1. The highest BCUT2D eigenvalue weighted by Crippen LogP contribution is 2.28. The molecule has 0 unspecified atom stereocenters. The lowest BCUT2D eigenvalue weighted by Gasteiger charge is -2.12. The quantitative estimate of drug-likeness (QED) is 0.486. The van der Waals surface area contributed by atoms with Gasteiger partial charge in [-0.15, -0.1) is 0 Å². The summed E-state index contributed by atoms with van der Waals surface area (Å²) < 4.78 is 0. The minimum absolute atomic E-state index is 0.107. The van der Waals surface area contributed by atoms with Gasteiger partial charge < -0.3 is 10.6 Å². The minimum Gasteiger partial charge on any atom is -0.381 e. The molecule has 3 aromatic rings. The number of benzene rings is 2. The Kier molecular flexibility index (Phi) is 5.80. The number of pyridine rings is 1. The van der Waals surface area contributed by atoms with Gasteiger partial charge >= 0.3 is 0 Å². The first-order chi connectivity index (χ1) is 14.0. The van der Waals surface area contributed by atoms with Gasteiger partial charge in [0.1, 0.15) is 0 Å². The van der Waals surface area contributed by atoms with E-state index in [1.54, 1.807) is 49.6 Å². The van der Waals surface area contributed by atoms with Gasteiger partial charge in [0, 0.05) is 47.5 Å². The molecule has 0 fully saturated rings. The molecule has 0 aliphatic carbocycles. The number of nitro groups is 1. The van der Waals surface area contributed by atoms with E-state index in [1.165, 1.54) is 6.07 Å². The van der Waals surface area contributed by atoms with E-state index in [-0.39, 0.29) is 17.2 Å². The van der Waals surface area contributed by atoms with Crippen LogP contribution in [0.1, 0.15) is 27.0 Å². The van der Waals surface area contributed by atoms with Crippen molar-refractivity contribution in [2.75, 3.05) is 10.6 Å². The van der Waals surface area contributed by atoms with Crippen LogP contribution in [0.25, 0.3) is 0 Å². The van der Waals surface area contributed by atoms with Crippen molar-refractivity contribution < 1.29 is 9.72 Å². The van der Waals surface area contributed by atoms with Crippen LogP contribution in [-0.2, 0) is 6.54 Å². The number of nitriles is 1. The van der Waals surface area contributed by atoms with E-state index in [0.29, 0.717) is 29.0 Å². The average molecular weight is 387 g/mol. The first-order valence-electron chi connectivity index (χ1n) is 8.71. The molecular weight excluding hydrogens is 370 g/mol. The molecule has 1 heterocycles. The summed E-state index contributed by atoms with van der Waals surface area (Å²) in [6, 6.07) is 15.3.